The van der Waals surface area contributed by atoms with Crippen molar-refractivity contribution in [3.8, 4) is 11.4 Å². The number of hydrogen-bond acceptors (Lipinski definition) is 7. The Labute approximate surface area is 180 Å². The highest BCUT2D eigenvalue weighted by molar-refractivity contribution is 5.95. The van der Waals surface area contributed by atoms with Crippen molar-refractivity contribution in [2.75, 3.05) is 25.5 Å². The molecule has 0 saturated carbocycles. The Morgan fingerprint density at radius 1 is 1.13 bits per heavy atom. The molecule has 0 aliphatic carbocycles. The Balaban J connectivity index is 1.28. The Hall–Kier alpha value is -3.52. The number of esters is 1. The summed E-state index contributed by atoms with van der Waals surface area (Å²) in [6.45, 7) is 2.10. The second kappa shape index (κ2) is 9.53. The average molecular weight is 420 g/mol. The lowest BCUT2D eigenvalue weighted by molar-refractivity contribution is -0.121. The number of rotatable bonds is 6. The summed E-state index contributed by atoms with van der Waals surface area (Å²) in [5.74, 6) is 0.604. The quantitative estimate of drug-likeness (QED) is 0.611. The molecule has 1 aliphatic heterocycles. The van der Waals surface area contributed by atoms with Crippen LogP contribution < -0.4 is 5.32 Å². The van der Waals surface area contributed by atoms with Crippen LogP contribution in [0, 0.1) is 5.92 Å². The van der Waals surface area contributed by atoms with Crippen LogP contribution in [0.15, 0.2) is 59.1 Å². The van der Waals surface area contributed by atoms with Gasteiger partial charge in [0, 0.05) is 17.2 Å². The second-order valence-corrected chi connectivity index (χ2v) is 7.49. The number of hydrogen-bond donors (Lipinski definition) is 1. The van der Waals surface area contributed by atoms with Gasteiger partial charge in [-0.15, -0.1) is 0 Å². The molecule has 0 unspecified atom stereocenters. The monoisotopic (exact) mass is 420 g/mol. The van der Waals surface area contributed by atoms with Gasteiger partial charge in [0.2, 0.25) is 17.6 Å². The summed E-state index contributed by atoms with van der Waals surface area (Å²) in [6.07, 6.45) is 1.48. The minimum absolute atomic E-state index is 0.0363. The van der Waals surface area contributed by atoms with E-state index in [1.165, 1.54) is 7.11 Å². The van der Waals surface area contributed by atoms with E-state index in [2.05, 4.69) is 20.4 Å². The van der Waals surface area contributed by atoms with Crippen LogP contribution in [-0.4, -0.2) is 47.1 Å². The van der Waals surface area contributed by atoms with Gasteiger partial charge in [0.05, 0.1) is 19.2 Å². The molecule has 3 aromatic rings. The molecule has 0 atom stereocenters. The number of benzene rings is 2. The third-order valence-electron chi connectivity index (χ3n) is 5.37. The summed E-state index contributed by atoms with van der Waals surface area (Å²) in [5, 5.41) is 6.97. The lowest BCUT2D eigenvalue weighted by atomic mass is 9.95. The topological polar surface area (TPSA) is 97.6 Å². The number of nitrogens with one attached hydrogen (secondary N) is 1. The highest BCUT2D eigenvalue weighted by Crippen LogP contribution is 2.22. The fourth-order valence-electron chi connectivity index (χ4n) is 3.65. The minimum Gasteiger partial charge on any atom is -0.465 e. The number of ether oxygens (including phenoxy) is 1. The number of carbonyl (C=O) groups excluding carboxylic acids is 2. The molecule has 2 heterocycles. The summed E-state index contributed by atoms with van der Waals surface area (Å²) in [6, 6.07) is 16.5. The largest absolute Gasteiger partial charge is 0.465 e. The van der Waals surface area contributed by atoms with E-state index >= 15 is 0 Å². The number of carbonyl (C=O) groups is 2. The number of amides is 1. The summed E-state index contributed by atoms with van der Waals surface area (Å²) < 4.78 is 10.1. The molecule has 31 heavy (non-hydrogen) atoms. The molecule has 2 aromatic carbocycles. The van der Waals surface area contributed by atoms with Crippen molar-refractivity contribution in [1.29, 1.82) is 0 Å². The van der Waals surface area contributed by atoms with Crippen molar-refractivity contribution in [2.45, 2.75) is 19.4 Å². The van der Waals surface area contributed by atoms with Gasteiger partial charge in [-0.3, -0.25) is 9.69 Å². The molecular formula is C23H24N4O4. The molecule has 1 fully saturated rings. The molecule has 0 radical (unpaired) electrons. The third kappa shape index (κ3) is 5.16. The summed E-state index contributed by atoms with van der Waals surface area (Å²) in [5.41, 5.74) is 1.92. The van der Waals surface area contributed by atoms with Crippen LogP contribution in [-0.2, 0) is 16.1 Å². The van der Waals surface area contributed by atoms with Gasteiger partial charge in [-0.2, -0.15) is 4.98 Å². The molecule has 4 rings (SSSR count). The van der Waals surface area contributed by atoms with Crippen molar-refractivity contribution >= 4 is 17.6 Å². The normalized spacial score (nSPS) is 14.9. The van der Waals surface area contributed by atoms with Crippen molar-refractivity contribution in [3.63, 3.8) is 0 Å². The van der Waals surface area contributed by atoms with Crippen LogP contribution in [0.25, 0.3) is 11.4 Å². The predicted octanol–water partition coefficient (Wildman–Crippen LogP) is 3.37. The Bertz CT molecular complexity index is 1040. The van der Waals surface area contributed by atoms with Crippen molar-refractivity contribution in [2.24, 2.45) is 5.92 Å². The molecule has 0 bridgehead atoms. The first-order valence-corrected chi connectivity index (χ1v) is 10.2. The Morgan fingerprint density at radius 2 is 1.90 bits per heavy atom. The highest BCUT2D eigenvalue weighted by atomic mass is 16.5. The molecule has 8 nitrogen and oxygen atoms in total. The van der Waals surface area contributed by atoms with E-state index < -0.39 is 5.97 Å². The molecular weight excluding hydrogens is 396 g/mol. The zero-order valence-electron chi connectivity index (χ0n) is 17.3. The van der Waals surface area contributed by atoms with Gasteiger partial charge in [0.15, 0.2) is 0 Å². The fourth-order valence-corrected chi connectivity index (χ4v) is 3.65. The van der Waals surface area contributed by atoms with E-state index in [1.807, 2.05) is 30.3 Å². The Morgan fingerprint density at radius 3 is 2.65 bits per heavy atom. The van der Waals surface area contributed by atoms with Gasteiger partial charge in [0.1, 0.15) is 0 Å². The van der Waals surface area contributed by atoms with Gasteiger partial charge in [-0.1, -0.05) is 41.6 Å². The number of likely N-dealkylation sites (tertiary alicyclic amines) is 1. The first-order chi connectivity index (χ1) is 15.1. The van der Waals surface area contributed by atoms with Gasteiger partial charge in [-0.25, -0.2) is 4.79 Å². The maximum Gasteiger partial charge on any atom is 0.337 e. The maximum absolute atomic E-state index is 12.7. The molecule has 0 spiro atoms. The van der Waals surface area contributed by atoms with Crippen LogP contribution in [0.1, 0.15) is 29.1 Å². The van der Waals surface area contributed by atoms with E-state index in [1.54, 1.807) is 24.3 Å². The van der Waals surface area contributed by atoms with Crippen LogP contribution >= 0.6 is 0 Å². The van der Waals surface area contributed by atoms with Crippen LogP contribution in [0.2, 0.25) is 0 Å². The van der Waals surface area contributed by atoms with E-state index in [9.17, 15) is 9.59 Å². The standard InChI is InChI=1S/C23H24N4O4/c1-30-23(29)18-8-5-9-19(14-18)24-22(28)17-10-12-27(13-11-17)15-20-25-21(26-31-20)16-6-3-2-4-7-16/h2-9,14,17H,10-13,15H2,1H3,(H,24,28). The first-order valence-electron chi connectivity index (χ1n) is 10.2. The molecule has 1 aliphatic rings. The fraction of sp³-hybridized carbons (Fsp3) is 0.304. The number of piperidine rings is 1. The van der Waals surface area contributed by atoms with Gasteiger partial charge in [-0.05, 0) is 44.1 Å². The number of nitrogens with zero attached hydrogens (tertiary/aromatic N) is 3. The van der Waals surface area contributed by atoms with Gasteiger partial charge in [0.25, 0.3) is 0 Å². The average Bonchev–Trinajstić information content (AvgIpc) is 3.28. The summed E-state index contributed by atoms with van der Waals surface area (Å²) in [7, 11) is 1.33. The summed E-state index contributed by atoms with van der Waals surface area (Å²) >= 11 is 0. The van der Waals surface area contributed by atoms with Crippen LogP contribution in [0.3, 0.4) is 0 Å². The number of anilines is 1. The van der Waals surface area contributed by atoms with Crippen LogP contribution in [0.4, 0.5) is 5.69 Å². The molecule has 8 heteroatoms. The maximum atomic E-state index is 12.7. The summed E-state index contributed by atoms with van der Waals surface area (Å²) in [4.78, 5) is 31.0. The predicted molar refractivity (Wildman–Crippen MR) is 114 cm³/mol. The smallest absolute Gasteiger partial charge is 0.337 e. The van der Waals surface area contributed by atoms with Crippen molar-refractivity contribution in [1.82, 2.24) is 15.0 Å². The van der Waals surface area contributed by atoms with E-state index in [0.29, 0.717) is 29.5 Å². The van der Waals surface area contributed by atoms with Gasteiger partial charge < -0.3 is 14.6 Å². The lowest BCUT2D eigenvalue weighted by Gasteiger charge is -2.30. The first kappa shape index (κ1) is 20.7. The Kier molecular flexibility index (Phi) is 6.37. The van der Waals surface area contributed by atoms with E-state index in [-0.39, 0.29) is 11.8 Å². The van der Waals surface area contributed by atoms with Crippen molar-refractivity contribution in [3.05, 3.63) is 66.1 Å². The molecule has 1 saturated heterocycles. The minimum atomic E-state index is -0.430. The van der Waals surface area contributed by atoms with Crippen molar-refractivity contribution < 1.29 is 18.8 Å². The van der Waals surface area contributed by atoms with Gasteiger partial charge >= 0.3 is 5.97 Å². The molecule has 1 amide bonds. The second-order valence-electron chi connectivity index (χ2n) is 7.49. The molecule has 160 valence electrons. The SMILES string of the molecule is COC(=O)c1cccc(NC(=O)C2CCN(Cc3nc(-c4ccccc4)no3)CC2)c1. The number of methoxy groups -OCH3 is 1. The molecule has 1 N–H and O–H groups in total. The van der Waals surface area contributed by atoms with E-state index in [4.69, 9.17) is 9.26 Å². The molecule has 1 aromatic heterocycles. The van der Waals surface area contributed by atoms with E-state index in [0.717, 1.165) is 31.5 Å². The third-order valence-corrected chi connectivity index (χ3v) is 5.37. The highest BCUT2D eigenvalue weighted by Gasteiger charge is 2.26. The number of aromatic nitrogens is 2. The van der Waals surface area contributed by atoms with Crippen LogP contribution in [0.5, 0.6) is 0 Å². The zero-order valence-corrected chi connectivity index (χ0v) is 17.3. The lowest BCUT2D eigenvalue weighted by Crippen LogP contribution is -2.37. The zero-order chi connectivity index (χ0) is 21.6.